The Bertz CT molecular complexity index is 392. The third-order valence-electron chi connectivity index (χ3n) is 2.36. The zero-order chi connectivity index (χ0) is 12.8. The largest absolute Gasteiger partial charge is 0.409 e. The van der Waals surface area contributed by atoms with Crippen molar-refractivity contribution >= 4 is 23.3 Å². The Balaban J connectivity index is 2.69. The molecule has 1 amide bonds. The number of oxime groups is 1. The van der Waals surface area contributed by atoms with Crippen LogP contribution < -0.4 is 5.73 Å². The Morgan fingerprint density at radius 2 is 2.47 bits per heavy atom. The van der Waals surface area contributed by atoms with E-state index >= 15 is 0 Å². The van der Waals surface area contributed by atoms with Gasteiger partial charge < -0.3 is 15.8 Å². The van der Waals surface area contributed by atoms with E-state index in [2.05, 4.69) is 14.7 Å². The van der Waals surface area contributed by atoms with E-state index in [4.69, 9.17) is 10.9 Å². The minimum atomic E-state index is -0.204. The van der Waals surface area contributed by atoms with Crippen LogP contribution in [0.2, 0.25) is 0 Å². The molecular weight excluding hydrogens is 242 g/mol. The molecule has 0 fully saturated rings. The first-order valence-electron chi connectivity index (χ1n) is 5.14. The number of amides is 1. The highest BCUT2D eigenvalue weighted by Crippen LogP contribution is 2.09. The van der Waals surface area contributed by atoms with Gasteiger partial charge in [-0.25, -0.2) is 0 Å². The summed E-state index contributed by atoms with van der Waals surface area (Å²) in [7, 11) is 0. The van der Waals surface area contributed by atoms with Gasteiger partial charge in [0, 0.05) is 19.0 Å². The van der Waals surface area contributed by atoms with E-state index < -0.39 is 0 Å². The molecule has 8 heteroatoms. The molecule has 94 valence electrons. The summed E-state index contributed by atoms with van der Waals surface area (Å²) < 4.78 is 3.65. The number of carbonyl (C=O) groups excluding carboxylic acids is 1. The maximum Gasteiger partial charge on any atom is 0.267 e. The SMILES string of the molecule is CCN(CC(C)C(N)=NO)C(=O)c1cnns1. The van der Waals surface area contributed by atoms with E-state index in [1.165, 1.54) is 6.20 Å². The Kier molecular flexibility index (Phi) is 4.83. The Morgan fingerprint density at radius 3 is 2.94 bits per heavy atom. The summed E-state index contributed by atoms with van der Waals surface area (Å²) in [4.78, 5) is 14.1. The molecule has 0 aliphatic carbocycles. The number of nitrogens with two attached hydrogens (primary N) is 1. The second-order valence-electron chi connectivity index (χ2n) is 3.55. The van der Waals surface area contributed by atoms with Crippen LogP contribution in [0.5, 0.6) is 0 Å². The van der Waals surface area contributed by atoms with Crippen molar-refractivity contribution in [3.8, 4) is 0 Å². The second-order valence-corrected chi connectivity index (χ2v) is 4.34. The zero-order valence-corrected chi connectivity index (χ0v) is 10.5. The highest BCUT2D eigenvalue weighted by molar-refractivity contribution is 7.07. The van der Waals surface area contributed by atoms with Crippen LogP contribution >= 0.6 is 11.5 Å². The molecule has 0 radical (unpaired) electrons. The van der Waals surface area contributed by atoms with Crippen molar-refractivity contribution in [2.75, 3.05) is 13.1 Å². The highest BCUT2D eigenvalue weighted by Gasteiger charge is 2.20. The summed E-state index contributed by atoms with van der Waals surface area (Å²) in [5.74, 6) is -0.233. The predicted octanol–water partition coefficient (Wildman–Crippen LogP) is 0.383. The normalized spacial score (nSPS) is 13.4. The number of carbonyl (C=O) groups is 1. The summed E-state index contributed by atoms with van der Waals surface area (Å²) in [6.07, 6.45) is 1.43. The highest BCUT2D eigenvalue weighted by atomic mass is 32.1. The summed E-state index contributed by atoms with van der Waals surface area (Å²) in [6, 6.07) is 0. The van der Waals surface area contributed by atoms with Gasteiger partial charge in [-0.2, -0.15) is 0 Å². The Hall–Kier alpha value is -1.70. The standard InChI is InChI=1S/C9H15N5O2S/c1-3-14(5-6(2)8(10)12-16)9(15)7-4-11-13-17-7/h4,6,16H,3,5H2,1-2H3,(H2,10,12). The zero-order valence-electron chi connectivity index (χ0n) is 9.70. The van der Waals surface area contributed by atoms with Gasteiger partial charge in [0.25, 0.3) is 5.91 Å². The first kappa shape index (κ1) is 13.4. The van der Waals surface area contributed by atoms with Crippen LogP contribution in [0.4, 0.5) is 0 Å². The predicted molar refractivity (Wildman–Crippen MR) is 64.1 cm³/mol. The quantitative estimate of drug-likeness (QED) is 0.343. The van der Waals surface area contributed by atoms with Crippen molar-refractivity contribution in [2.24, 2.45) is 16.8 Å². The van der Waals surface area contributed by atoms with Gasteiger partial charge in [-0.1, -0.05) is 16.6 Å². The first-order chi connectivity index (χ1) is 8.10. The maximum absolute atomic E-state index is 12.0. The molecule has 0 saturated carbocycles. The number of aromatic nitrogens is 2. The summed E-state index contributed by atoms with van der Waals surface area (Å²) in [5.41, 5.74) is 5.48. The van der Waals surface area contributed by atoms with Crippen molar-refractivity contribution in [3.05, 3.63) is 11.1 Å². The van der Waals surface area contributed by atoms with Crippen LogP contribution in [0.25, 0.3) is 0 Å². The summed E-state index contributed by atoms with van der Waals surface area (Å²) in [6.45, 7) is 4.59. The van der Waals surface area contributed by atoms with Crippen LogP contribution in [0, 0.1) is 5.92 Å². The fourth-order valence-corrected chi connectivity index (χ4v) is 1.78. The van der Waals surface area contributed by atoms with Crippen LogP contribution in [-0.2, 0) is 0 Å². The molecule has 0 aliphatic heterocycles. The molecule has 1 atom stereocenters. The van der Waals surface area contributed by atoms with Crippen molar-refractivity contribution in [2.45, 2.75) is 13.8 Å². The average Bonchev–Trinajstić information content (AvgIpc) is 2.87. The summed E-state index contributed by atoms with van der Waals surface area (Å²) >= 11 is 1.05. The molecule has 1 aromatic rings. The van der Waals surface area contributed by atoms with Crippen molar-refractivity contribution in [3.63, 3.8) is 0 Å². The number of hydrogen-bond acceptors (Lipinski definition) is 6. The van der Waals surface area contributed by atoms with E-state index in [1.807, 2.05) is 6.92 Å². The minimum Gasteiger partial charge on any atom is -0.409 e. The maximum atomic E-state index is 12.0. The third-order valence-corrected chi connectivity index (χ3v) is 3.01. The molecule has 0 saturated heterocycles. The molecule has 1 aromatic heterocycles. The van der Waals surface area contributed by atoms with E-state index in [-0.39, 0.29) is 17.7 Å². The average molecular weight is 257 g/mol. The molecule has 1 heterocycles. The molecular formula is C9H15N5O2S. The summed E-state index contributed by atoms with van der Waals surface area (Å²) in [5, 5.41) is 15.1. The Morgan fingerprint density at radius 1 is 1.76 bits per heavy atom. The van der Waals surface area contributed by atoms with Gasteiger partial charge in [-0.05, 0) is 18.5 Å². The molecule has 3 N–H and O–H groups in total. The van der Waals surface area contributed by atoms with Crippen LogP contribution in [-0.4, -0.2) is 44.5 Å². The molecule has 1 rings (SSSR count). The van der Waals surface area contributed by atoms with Gasteiger partial charge in [-0.3, -0.25) is 4.79 Å². The van der Waals surface area contributed by atoms with Gasteiger partial charge in [0.2, 0.25) is 0 Å². The van der Waals surface area contributed by atoms with E-state index in [1.54, 1.807) is 11.8 Å². The minimum absolute atomic E-state index is 0.110. The van der Waals surface area contributed by atoms with Gasteiger partial charge in [0.1, 0.15) is 10.7 Å². The van der Waals surface area contributed by atoms with Crippen LogP contribution in [0.1, 0.15) is 23.5 Å². The lowest BCUT2D eigenvalue weighted by Crippen LogP contribution is -2.38. The van der Waals surface area contributed by atoms with Crippen LogP contribution in [0.15, 0.2) is 11.4 Å². The van der Waals surface area contributed by atoms with Gasteiger partial charge in [0.15, 0.2) is 0 Å². The van der Waals surface area contributed by atoms with Gasteiger partial charge >= 0.3 is 0 Å². The molecule has 1 unspecified atom stereocenters. The fraction of sp³-hybridized carbons (Fsp3) is 0.556. The van der Waals surface area contributed by atoms with Crippen LogP contribution in [0.3, 0.4) is 0 Å². The number of amidine groups is 1. The molecule has 17 heavy (non-hydrogen) atoms. The lowest BCUT2D eigenvalue weighted by molar-refractivity contribution is 0.0758. The number of nitrogens with zero attached hydrogens (tertiary/aromatic N) is 4. The van der Waals surface area contributed by atoms with E-state index in [0.29, 0.717) is 18.0 Å². The fourth-order valence-electron chi connectivity index (χ4n) is 1.30. The van der Waals surface area contributed by atoms with Gasteiger partial charge in [0.05, 0.1) is 6.20 Å². The monoisotopic (exact) mass is 257 g/mol. The van der Waals surface area contributed by atoms with E-state index in [0.717, 1.165) is 11.5 Å². The topological polar surface area (TPSA) is 105 Å². The lowest BCUT2D eigenvalue weighted by atomic mass is 10.1. The number of hydrogen-bond donors (Lipinski definition) is 2. The molecule has 7 nitrogen and oxygen atoms in total. The molecule has 0 aromatic carbocycles. The second kappa shape index (κ2) is 6.14. The third kappa shape index (κ3) is 3.38. The first-order valence-corrected chi connectivity index (χ1v) is 5.91. The molecule has 0 aliphatic rings. The van der Waals surface area contributed by atoms with Crippen molar-refractivity contribution < 1.29 is 10.0 Å². The molecule has 0 spiro atoms. The smallest absolute Gasteiger partial charge is 0.267 e. The van der Waals surface area contributed by atoms with Gasteiger partial charge in [-0.15, -0.1) is 5.10 Å². The lowest BCUT2D eigenvalue weighted by Gasteiger charge is -2.23. The Labute approximate surface area is 103 Å². The van der Waals surface area contributed by atoms with Crippen molar-refractivity contribution in [1.29, 1.82) is 0 Å². The number of rotatable bonds is 5. The molecule has 0 bridgehead atoms. The van der Waals surface area contributed by atoms with Crippen molar-refractivity contribution in [1.82, 2.24) is 14.5 Å². The van der Waals surface area contributed by atoms with E-state index in [9.17, 15) is 4.79 Å².